The summed E-state index contributed by atoms with van der Waals surface area (Å²) in [5.41, 5.74) is 3.65. The molecular weight excluding hydrogens is 274 g/mol. The van der Waals surface area contributed by atoms with Crippen LogP contribution in [0.25, 0.3) is 0 Å². The standard InChI is InChI=1S/C14H27N3O2S/c1-5-13-12(11-15-7-3)14(6-2)17(16-13)9-8-10-20(4,18)19/h15H,5-11H2,1-4H3. The molecule has 0 saturated carbocycles. The molecule has 0 radical (unpaired) electrons. The number of nitrogens with one attached hydrogen (secondary N) is 1. The zero-order valence-corrected chi connectivity index (χ0v) is 13.9. The molecule has 1 aromatic heterocycles. The fraction of sp³-hybridized carbons (Fsp3) is 0.786. The molecule has 0 saturated heterocycles. The summed E-state index contributed by atoms with van der Waals surface area (Å²) in [5, 5.41) is 8.01. The van der Waals surface area contributed by atoms with Crippen LogP contribution in [0.15, 0.2) is 0 Å². The normalized spacial score (nSPS) is 12.0. The maximum absolute atomic E-state index is 11.2. The van der Waals surface area contributed by atoms with Crippen molar-refractivity contribution in [3.63, 3.8) is 0 Å². The van der Waals surface area contributed by atoms with E-state index in [1.807, 2.05) is 4.68 Å². The SMILES string of the molecule is CCNCc1c(CC)nn(CCCS(C)(=O)=O)c1CC. The lowest BCUT2D eigenvalue weighted by atomic mass is 10.1. The lowest BCUT2D eigenvalue weighted by Crippen LogP contribution is -2.15. The van der Waals surface area contributed by atoms with Gasteiger partial charge < -0.3 is 5.32 Å². The Morgan fingerprint density at radius 1 is 1.20 bits per heavy atom. The second-order valence-corrected chi connectivity index (χ2v) is 7.33. The fourth-order valence-corrected chi connectivity index (χ4v) is 3.04. The maximum atomic E-state index is 11.2. The Kier molecular flexibility index (Phi) is 6.68. The number of aryl methyl sites for hydroxylation is 2. The van der Waals surface area contributed by atoms with E-state index < -0.39 is 9.84 Å². The van der Waals surface area contributed by atoms with Gasteiger partial charge in [0.1, 0.15) is 9.84 Å². The van der Waals surface area contributed by atoms with Gasteiger partial charge in [-0.25, -0.2) is 8.42 Å². The smallest absolute Gasteiger partial charge is 0.147 e. The highest BCUT2D eigenvalue weighted by Crippen LogP contribution is 2.17. The number of aromatic nitrogens is 2. The van der Waals surface area contributed by atoms with Crippen molar-refractivity contribution in [3.05, 3.63) is 17.0 Å². The minimum absolute atomic E-state index is 0.222. The Bertz CT molecular complexity index is 521. The summed E-state index contributed by atoms with van der Waals surface area (Å²) in [4.78, 5) is 0. The molecule has 116 valence electrons. The number of rotatable bonds is 9. The molecule has 0 aliphatic carbocycles. The number of nitrogens with zero attached hydrogens (tertiary/aromatic N) is 2. The van der Waals surface area contributed by atoms with Gasteiger partial charge in [0.25, 0.3) is 0 Å². The quantitative estimate of drug-likeness (QED) is 0.751. The molecule has 5 nitrogen and oxygen atoms in total. The molecule has 0 aromatic carbocycles. The van der Waals surface area contributed by atoms with Crippen LogP contribution >= 0.6 is 0 Å². The maximum Gasteiger partial charge on any atom is 0.147 e. The zero-order chi connectivity index (χ0) is 15.2. The molecule has 0 unspecified atom stereocenters. The van der Waals surface area contributed by atoms with Gasteiger partial charge in [-0.1, -0.05) is 20.8 Å². The Labute approximate surface area is 122 Å². The molecule has 20 heavy (non-hydrogen) atoms. The predicted octanol–water partition coefficient (Wildman–Crippen LogP) is 1.55. The highest BCUT2D eigenvalue weighted by atomic mass is 32.2. The second kappa shape index (κ2) is 7.78. The van der Waals surface area contributed by atoms with E-state index in [1.54, 1.807) is 0 Å². The Hall–Kier alpha value is -0.880. The van der Waals surface area contributed by atoms with Crippen molar-refractivity contribution in [2.75, 3.05) is 18.6 Å². The van der Waals surface area contributed by atoms with Gasteiger partial charge in [-0.05, 0) is 25.8 Å². The van der Waals surface area contributed by atoms with Gasteiger partial charge in [-0.3, -0.25) is 4.68 Å². The number of hydrogen-bond donors (Lipinski definition) is 1. The van der Waals surface area contributed by atoms with Gasteiger partial charge in [0.15, 0.2) is 0 Å². The van der Waals surface area contributed by atoms with E-state index in [0.717, 1.165) is 31.6 Å². The van der Waals surface area contributed by atoms with Crippen molar-refractivity contribution in [1.82, 2.24) is 15.1 Å². The third kappa shape index (κ3) is 4.90. The monoisotopic (exact) mass is 301 g/mol. The summed E-state index contributed by atoms with van der Waals surface area (Å²) in [6.07, 6.45) is 3.74. The second-order valence-electron chi connectivity index (χ2n) is 5.07. The van der Waals surface area contributed by atoms with Crippen LogP contribution < -0.4 is 5.32 Å². The Morgan fingerprint density at radius 3 is 2.40 bits per heavy atom. The molecule has 1 rings (SSSR count). The first kappa shape index (κ1) is 17.2. The minimum Gasteiger partial charge on any atom is -0.313 e. The molecule has 0 bridgehead atoms. The van der Waals surface area contributed by atoms with Gasteiger partial charge in [-0.15, -0.1) is 0 Å². The van der Waals surface area contributed by atoms with Crippen molar-refractivity contribution in [2.24, 2.45) is 0 Å². The Balaban J connectivity index is 2.87. The molecule has 1 heterocycles. The molecule has 0 amide bonds. The van der Waals surface area contributed by atoms with E-state index in [-0.39, 0.29) is 5.75 Å². The third-order valence-electron chi connectivity index (χ3n) is 3.36. The van der Waals surface area contributed by atoms with Crippen LogP contribution in [-0.4, -0.2) is 36.8 Å². The highest BCUT2D eigenvalue weighted by Gasteiger charge is 2.15. The van der Waals surface area contributed by atoms with Crippen LogP contribution in [0.4, 0.5) is 0 Å². The van der Waals surface area contributed by atoms with Gasteiger partial charge in [-0.2, -0.15) is 5.10 Å². The van der Waals surface area contributed by atoms with Crippen molar-refractivity contribution >= 4 is 9.84 Å². The van der Waals surface area contributed by atoms with Crippen LogP contribution in [-0.2, 0) is 35.8 Å². The average Bonchev–Trinajstić information content (AvgIpc) is 2.71. The summed E-state index contributed by atoms with van der Waals surface area (Å²) in [5.74, 6) is 0.222. The lowest BCUT2D eigenvalue weighted by Gasteiger charge is -2.08. The largest absolute Gasteiger partial charge is 0.313 e. The van der Waals surface area contributed by atoms with Crippen molar-refractivity contribution in [2.45, 2.75) is 53.1 Å². The van der Waals surface area contributed by atoms with Crippen LogP contribution in [0.2, 0.25) is 0 Å². The van der Waals surface area contributed by atoms with E-state index in [0.29, 0.717) is 13.0 Å². The zero-order valence-electron chi connectivity index (χ0n) is 13.1. The minimum atomic E-state index is -2.89. The number of hydrogen-bond acceptors (Lipinski definition) is 4. The van der Waals surface area contributed by atoms with E-state index >= 15 is 0 Å². The summed E-state index contributed by atoms with van der Waals surface area (Å²) >= 11 is 0. The van der Waals surface area contributed by atoms with Gasteiger partial charge in [0.05, 0.1) is 11.4 Å². The van der Waals surface area contributed by atoms with Crippen molar-refractivity contribution < 1.29 is 8.42 Å². The van der Waals surface area contributed by atoms with Crippen LogP contribution in [0, 0.1) is 0 Å². The Morgan fingerprint density at radius 2 is 1.90 bits per heavy atom. The van der Waals surface area contributed by atoms with E-state index in [1.165, 1.54) is 17.5 Å². The van der Waals surface area contributed by atoms with Gasteiger partial charge >= 0.3 is 0 Å². The fourth-order valence-electron chi connectivity index (χ4n) is 2.38. The van der Waals surface area contributed by atoms with Gasteiger partial charge in [0.2, 0.25) is 0 Å². The third-order valence-corrected chi connectivity index (χ3v) is 4.39. The molecule has 0 atom stereocenters. The summed E-state index contributed by atoms with van der Waals surface area (Å²) in [7, 11) is -2.89. The van der Waals surface area contributed by atoms with E-state index in [2.05, 4.69) is 31.2 Å². The average molecular weight is 301 g/mol. The summed E-state index contributed by atoms with van der Waals surface area (Å²) < 4.78 is 24.4. The van der Waals surface area contributed by atoms with E-state index in [4.69, 9.17) is 0 Å². The molecule has 0 fully saturated rings. The molecule has 6 heteroatoms. The van der Waals surface area contributed by atoms with Crippen molar-refractivity contribution in [3.8, 4) is 0 Å². The number of sulfone groups is 1. The first-order chi connectivity index (χ1) is 9.42. The highest BCUT2D eigenvalue weighted by molar-refractivity contribution is 7.90. The lowest BCUT2D eigenvalue weighted by molar-refractivity contribution is 0.558. The van der Waals surface area contributed by atoms with Crippen LogP contribution in [0.5, 0.6) is 0 Å². The topological polar surface area (TPSA) is 64.0 Å². The van der Waals surface area contributed by atoms with Crippen LogP contribution in [0.1, 0.15) is 44.1 Å². The van der Waals surface area contributed by atoms with Crippen LogP contribution in [0.3, 0.4) is 0 Å². The predicted molar refractivity (Wildman–Crippen MR) is 82.7 cm³/mol. The van der Waals surface area contributed by atoms with Crippen molar-refractivity contribution in [1.29, 1.82) is 0 Å². The first-order valence-corrected chi connectivity index (χ1v) is 9.44. The summed E-state index contributed by atoms with van der Waals surface area (Å²) in [6.45, 7) is 8.78. The first-order valence-electron chi connectivity index (χ1n) is 7.38. The molecular formula is C14H27N3O2S. The summed E-state index contributed by atoms with van der Waals surface area (Å²) in [6, 6.07) is 0. The van der Waals surface area contributed by atoms with Gasteiger partial charge in [0, 0.05) is 30.6 Å². The molecule has 0 aliphatic heterocycles. The molecule has 1 N–H and O–H groups in total. The molecule has 0 spiro atoms. The van der Waals surface area contributed by atoms with E-state index in [9.17, 15) is 8.42 Å². The molecule has 1 aromatic rings. The molecule has 0 aliphatic rings.